The van der Waals surface area contributed by atoms with E-state index in [1.54, 1.807) is 0 Å². The van der Waals surface area contributed by atoms with Crippen LogP contribution in [0.25, 0.3) is 0 Å². The third-order valence-corrected chi connectivity index (χ3v) is 2.94. The summed E-state index contributed by atoms with van der Waals surface area (Å²) in [6.07, 6.45) is 2.21. The van der Waals surface area contributed by atoms with Gasteiger partial charge in [0.05, 0.1) is 0 Å². The molecule has 1 rings (SSSR count). The zero-order valence-electron chi connectivity index (χ0n) is 6.67. The van der Waals surface area contributed by atoms with E-state index in [9.17, 15) is 21.6 Å². The maximum atomic E-state index is 11.8. The number of halogens is 3. The van der Waals surface area contributed by atoms with E-state index >= 15 is 0 Å². The van der Waals surface area contributed by atoms with Crippen LogP contribution in [0.5, 0.6) is 0 Å². The lowest BCUT2D eigenvalue weighted by atomic mass is 9.67. The minimum atomic E-state index is -5.38. The van der Waals surface area contributed by atoms with E-state index in [1.165, 1.54) is 0 Å². The molecule has 0 aromatic heterocycles. The molecule has 0 bridgehead atoms. The highest BCUT2D eigenvalue weighted by Gasteiger charge is 2.48. The summed E-state index contributed by atoms with van der Waals surface area (Å²) in [7, 11) is -5.38. The van der Waals surface area contributed by atoms with Gasteiger partial charge in [-0.25, -0.2) is 0 Å². The second-order valence-corrected chi connectivity index (χ2v) is 4.47. The molecule has 1 aliphatic heterocycles. The predicted octanol–water partition coefficient (Wildman–Crippen LogP) is 1.64. The summed E-state index contributed by atoms with van der Waals surface area (Å²) in [5.41, 5.74) is -5.30. The highest BCUT2D eigenvalue weighted by atomic mass is 32.2. The van der Waals surface area contributed by atoms with Gasteiger partial charge in [-0.3, -0.25) is 0 Å². The monoisotopic (exact) mass is 216 g/mol. The minimum Gasteiger partial charge on any atom is -0.327 e. The van der Waals surface area contributed by atoms with E-state index in [4.69, 9.17) is 0 Å². The van der Waals surface area contributed by atoms with E-state index in [-0.39, 0.29) is 0 Å². The molecule has 1 saturated heterocycles. The predicted molar refractivity (Wildman–Crippen MR) is 40.7 cm³/mol. The molecule has 1 aliphatic rings. The summed E-state index contributed by atoms with van der Waals surface area (Å²) in [6.45, 7) is -0.786. The van der Waals surface area contributed by atoms with Crippen molar-refractivity contribution in [2.75, 3.05) is 0 Å². The maximum Gasteiger partial charge on any atom is 0.521 e. The molecule has 8 heteroatoms. The molecule has 0 spiro atoms. The zero-order chi connectivity index (χ0) is 10.1. The topological polar surface area (TPSA) is 43.4 Å². The fourth-order valence-corrected chi connectivity index (χ4v) is 1.88. The van der Waals surface area contributed by atoms with Crippen molar-refractivity contribution in [1.82, 2.24) is 0 Å². The van der Waals surface area contributed by atoms with Crippen LogP contribution in [0.4, 0.5) is 13.2 Å². The number of hydrogen-bond donors (Lipinski definition) is 0. The summed E-state index contributed by atoms with van der Waals surface area (Å²) in [5.74, 6) is 0. The lowest BCUT2D eigenvalue weighted by Gasteiger charge is -2.10. The van der Waals surface area contributed by atoms with Crippen molar-refractivity contribution in [2.45, 2.75) is 31.0 Å². The Morgan fingerprint density at radius 3 is 2.00 bits per heavy atom. The lowest BCUT2D eigenvalue weighted by Crippen LogP contribution is -2.30. The Balaban J connectivity index is 2.62. The van der Waals surface area contributed by atoms with E-state index in [1.807, 2.05) is 0 Å². The summed E-state index contributed by atoms with van der Waals surface area (Å²) in [5, 5.41) is 0. The van der Waals surface area contributed by atoms with Crippen molar-refractivity contribution in [1.29, 1.82) is 0 Å². The second kappa shape index (κ2) is 3.49. The molecule has 0 saturated carbocycles. The number of alkyl halides is 3. The Labute approximate surface area is 74.5 Å². The van der Waals surface area contributed by atoms with Crippen molar-refractivity contribution in [3.05, 3.63) is 0 Å². The van der Waals surface area contributed by atoms with Crippen LogP contribution >= 0.6 is 0 Å². The Morgan fingerprint density at radius 2 is 1.62 bits per heavy atom. The smallest absolute Gasteiger partial charge is 0.327 e. The van der Waals surface area contributed by atoms with Crippen LogP contribution in [0, 0.1) is 0 Å². The van der Waals surface area contributed by atoms with Crippen LogP contribution in [-0.4, -0.2) is 20.8 Å². The second-order valence-electron chi connectivity index (χ2n) is 2.90. The molecule has 0 radical (unpaired) electrons. The normalized spacial score (nSPS) is 19.5. The average Bonchev–Trinajstić information content (AvgIpc) is 2.35. The van der Waals surface area contributed by atoms with Gasteiger partial charge >= 0.3 is 22.5 Å². The molecule has 76 valence electrons. The molecule has 0 aromatic rings. The summed E-state index contributed by atoms with van der Waals surface area (Å²) in [6, 6.07) is 0. The molecule has 13 heavy (non-hydrogen) atoms. The van der Waals surface area contributed by atoms with Gasteiger partial charge in [-0.15, -0.1) is 0 Å². The van der Waals surface area contributed by atoms with Gasteiger partial charge in [0.15, 0.2) is 0 Å². The van der Waals surface area contributed by atoms with Crippen LogP contribution in [-0.2, 0) is 14.2 Å². The first kappa shape index (κ1) is 10.8. The summed E-state index contributed by atoms with van der Waals surface area (Å²) >= 11 is 0. The Kier molecular flexibility index (Phi) is 2.91. The van der Waals surface area contributed by atoms with Gasteiger partial charge in [0, 0.05) is 0 Å². The summed E-state index contributed by atoms with van der Waals surface area (Å²) in [4.78, 5) is 0. The molecule has 3 nitrogen and oxygen atoms in total. The molecular weight excluding hydrogens is 208 g/mol. The third kappa shape index (κ3) is 2.60. The van der Waals surface area contributed by atoms with Gasteiger partial charge in [0.25, 0.3) is 0 Å². The third-order valence-electron chi connectivity index (χ3n) is 1.85. The van der Waals surface area contributed by atoms with Gasteiger partial charge in [0.1, 0.15) is 0 Å². The van der Waals surface area contributed by atoms with Crippen molar-refractivity contribution in [3.63, 3.8) is 0 Å². The molecule has 1 heterocycles. The molecule has 0 aromatic carbocycles. The first-order valence-electron chi connectivity index (χ1n) is 3.82. The molecular formula is C5H8BF3O3S. The highest BCUT2D eigenvalue weighted by molar-refractivity contribution is 7.88. The van der Waals surface area contributed by atoms with Crippen molar-refractivity contribution < 1.29 is 25.7 Å². The van der Waals surface area contributed by atoms with E-state index < -0.39 is 22.5 Å². The fraction of sp³-hybridized carbons (Fsp3) is 1.00. The summed E-state index contributed by atoms with van der Waals surface area (Å²) < 4.78 is 60.3. The SMILES string of the molecule is O=S(=O)(OB1CCCC1)C(F)(F)F. The molecule has 0 amide bonds. The van der Waals surface area contributed by atoms with Crippen molar-refractivity contribution in [2.24, 2.45) is 0 Å². The number of rotatable bonds is 2. The Hall–Kier alpha value is -0.235. The van der Waals surface area contributed by atoms with Crippen LogP contribution < -0.4 is 0 Å². The van der Waals surface area contributed by atoms with E-state index in [2.05, 4.69) is 4.10 Å². The largest absolute Gasteiger partial charge is 0.521 e. The van der Waals surface area contributed by atoms with Crippen LogP contribution in [0.15, 0.2) is 0 Å². The van der Waals surface area contributed by atoms with E-state index in [0.717, 1.165) is 12.8 Å². The van der Waals surface area contributed by atoms with Gasteiger partial charge in [-0.2, -0.15) is 21.6 Å². The molecule has 0 aliphatic carbocycles. The highest BCUT2D eigenvalue weighted by Crippen LogP contribution is 2.29. The maximum absolute atomic E-state index is 11.8. The average molecular weight is 216 g/mol. The van der Waals surface area contributed by atoms with Crippen LogP contribution in [0.1, 0.15) is 12.8 Å². The lowest BCUT2D eigenvalue weighted by molar-refractivity contribution is -0.0501. The number of hydrogen-bond acceptors (Lipinski definition) is 3. The van der Waals surface area contributed by atoms with Crippen molar-refractivity contribution in [3.8, 4) is 0 Å². The first-order valence-corrected chi connectivity index (χ1v) is 5.23. The van der Waals surface area contributed by atoms with Crippen LogP contribution in [0.3, 0.4) is 0 Å². The minimum absolute atomic E-state index is 0.384. The van der Waals surface area contributed by atoms with Gasteiger partial charge in [-0.05, 0) is 12.6 Å². The van der Waals surface area contributed by atoms with E-state index in [0.29, 0.717) is 12.6 Å². The quantitative estimate of drug-likeness (QED) is 0.520. The first-order chi connectivity index (χ1) is 5.83. The fourth-order valence-electron chi connectivity index (χ4n) is 1.22. The zero-order valence-corrected chi connectivity index (χ0v) is 7.49. The van der Waals surface area contributed by atoms with Gasteiger partial charge < -0.3 is 4.10 Å². The van der Waals surface area contributed by atoms with Crippen molar-refractivity contribution >= 4 is 17.0 Å². The Morgan fingerprint density at radius 1 is 1.15 bits per heavy atom. The van der Waals surface area contributed by atoms with Crippen LogP contribution in [0.2, 0.25) is 12.6 Å². The molecule has 0 unspecified atom stereocenters. The van der Waals surface area contributed by atoms with Gasteiger partial charge in [0.2, 0.25) is 0 Å². The standard InChI is InChI=1S/C5H8BF3O3S/c7-5(8,9)13(10,11)12-6-3-1-2-4-6/h1-4H2. The Bertz CT molecular complexity index is 267. The molecule has 0 atom stereocenters. The molecule has 0 N–H and O–H groups in total. The van der Waals surface area contributed by atoms with Gasteiger partial charge in [-0.1, -0.05) is 12.8 Å². The molecule has 1 fully saturated rings.